The Bertz CT molecular complexity index is 2320. The van der Waals surface area contributed by atoms with Gasteiger partial charge in [0.25, 0.3) is 5.82 Å². The molecular weight excluding hydrogens is 565 g/mol. The predicted molar refractivity (Wildman–Crippen MR) is 169 cm³/mol. The molecule has 0 N–H and O–H groups in total. The molecule has 43 heavy (non-hydrogen) atoms. The summed E-state index contributed by atoms with van der Waals surface area (Å²) in [6.07, 6.45) is 5.52. The average Bonchev–Trinajstić information content (AvgIpc) is 3.55. The lowest BCUT2D eigenvalue weighted by Gasteiger charge is -2.39. The van der Waals surface area contributed by atoms with Crippen LogP contribution in [0, 0.1) is 17.9 Å². The molecule has 0 bridgehead atoms. The number of benzene rings is 2. The van der Waals surface area contributed by atoms with Crippen LogP contribution in [0.2, 0.25) is 0 Å². The van der Waals surface area contributed by atoms with Crippen LogP contribution in [0.1, 0.15) is 22.3 Å². The normalized spacial score (nSPS) is 13.6. The highest BCUT2D eigenvalue weighted by molar-refractivity contribution is 8.00. The van der Waals surface area contributed by atoms with Gasteiger partial charge in [0.15, 0.2) is 0 Å². The summed E-state index contributed by atoms with van der Waals surface area (Å²) in [6, 6.07) is 31.6. The van der Waals surface area contributed by atoms with Gasteiger partial charge in [0.1, 0.15) is 6.20 Å². The van der Waals surface area contributed by atoms with Crippen LogP contribution < -0.4 is 0 Å². The van der Waals surface area contributed by atoms with Gasteiger partial charge >= 0.3 is 0 Å². The van der Waals surface area contributed by atoms with Crippen LogP contribution in [0.3, 0.4) is 0 Å². The van der Waals surface area contributed by atoms with E-state index in [9.17, 15) is 5.26 Å². The van der Waals surface area contributed by atoms with Crippen molar-refractivity contribution in [3.63, 3.8) is 0 Å². The summed E-state index contributed by atoms with van der Waals surface area (Å²) in [5.41, 5.74) is 11.6. The van der Waals surface area contributed by atoms with E-state index >= 15 is 0 Å². The molecular formula is C35H18N6SSi. The van der Waals surface area contributed by atoms with E-state index in [0.717, 1.165) is 38.9 Å². The maximum absolute atomic E-state index is 9.70. The number of hydrogen-bond donors (Lipinski definition) is 0. The van der Waals surface area contributed by atoms with E-state index in [1.54, 1.807) is 6.20 Å². The Hall–Kier alpha value is -5.41. The minimum Gasteiger partial charge on any atom is -0.361 e. The Morgan fingerprint density at radius 1 is 0.814 bits per heavy atom. The van der Waals surface area contributed by atoms with E-state index < -0.39 is 13.4 Å². The summed E-state index contributed by atoms with van der Waals surface area (Å²) in [5, 5.41) is 11.1. The highest BCUT2D eigenvalue weighted by atomic mass is 32.2. The molecule has 8 heteroatoms. The van der Waals surface area contributed by atoms with E-state index in [2.05, 4.69) is 74.7 Å². The molecule has 5 aromatic heterocycles. The Kier molecular flexibility index (Phi) is 4.95. The van der Waals surface area contributed by atoms with Crippen molar-refractivity contribution in [2.24, 2.45) is 0 Å². The van der Waals surface area contributed by atoms with Crippen LogP contribution in [0.5, 0.6) is 0 Å². The molecule has 6 heterocycles. The Labute approximate surface area is 252 Å². The van der Waals surface area contributed by atoms with Crippen molar-refractivity contribution in [1.29, 1.82) is 5.26 Å². The third kappa shape index (κ3) is 3.06. The Balaban J connectivity index is 1.44. The number of aromatic nitrogens is 4. The molecule has 2 aliphatic rings. The van der Waals surface area contributed by atoms with Crippen LogP contribution >= 0.6 is 11.8 Å². The molecule has 0 amide bonds. The van der Waals surface area contributed by atoms with Gasteiger partial charge in [-0.1, -0.05) is 60.4 Å². The summed E-state index contributed by atoms with van der Waals surface area (Å²) in [7, 11) is -1.49. The predicted octanol–water partition coefficient (Wildman–Crippen LogP) is 7.70. The van der Waals surface area contributed by atoms with Gasteiger partial charge in [0.05, 0.1) is 53.2 Å². The molecule has 1 spiro atoms. The lowest BCUT2D eigenvalue weighted by Crippen LogP contribution is -2.40. The first-order chi connectivity index (χ1) is 21.2. The van der Waals surface area contributed by atoms with Crippen molar-refractivity contribution in [3.05, 3.63) is 143 Å². The largest absolute Gasteiger partial charge is 0.361 e. The zero-order valence-electron chi connectivity index (χ0n) is 22.5. The van der Waals surface area contributed by atoms with Crippen LogP contribution in [-0.2, 0) is 5.04 Å². The fourth-order valence-corrected chi connectivity index (χ4v) is 12.5. The maximum Gasteiger partial charge on any atom is 0.270 e. The fraction of sp³-hybridized carbons (Fsp3) is 0.0286. The van der Waals surface area contributed by atoms with Gasteiger partial charge in [-0.05, 0) is 65.2 Å². The molecule has 9 rings (SSSR count). The summed E-state index contributed by atoms with van der Waals surface area (Å²) in [6.45, 7) is 7.58. The number of fused-ring (bicyclic) bond motifs is 12. The van der Waals surface area contributed by atoms with Crippen molar-refractivity contribution in [2.75, 3.05) is 0 Å². The molecule has 0 radical (unpaired) electrons. The van der Waals surface area contributed by atoms with Crippen LogP contribution in [0.4, 0.5) is 5.82 Å². The minimum atomic E-state index is -1.49. The molecule has 7 aromatic rings. The zero-order chi connectivity index (χ0) is 28.7. The molecule has 1 aliphatic carbocycles. The van der Waals surface area contributed by atoms with E-state index in [1.807, 2.05) is 60.6 Å². The lowest BCUT2D eigenvalue weighted by atomic mass is 9.88. The second-order valence-corrected chi connectivity index (χ2v) is 14.5. The first-order valence-corrected chi connectivity index (χ1v) is 16.2. The van der Waals surface area contributed by atoms with Gasteiger partial charge in [-0.15, -0.1) is 4.98 Å². The Morgan fingerprint density at radius 3 is 2.33 bits per heavy atom. The summed E-state index contributed by atoms with van der Waals surface area (Å²) < 4.78 is 3.59. The summed E-state index contributed by atoms with van der Waals surface area (Å²) in [5.74, 6) is 0.336. The van der Waals surface area contributed by atoms with Crippen LogP contribution in [0.25, 0.3) is 43.7 Å². The second-order valence-electron chi connectivity index (χ2n) is 10.7. The zero-order valence-corrected chi connectivity index (χ0v) is 24.3. The minimum absolute atomic E-state index is 0.336. The van der Waals surface area contributed by atoms with Gasteiger partial charge in [-0.2, -0.15) is 5.26 Å². The molecule has 0 atom stereocenters. The van der Waals surface area contributed by atoms with Crippen molar-refractivity contribution in [1.82, 2.24) is 19.5 Å². The van der Waals surface area contributed by atoms with Gasteiger partial charge in [-0.3, -0.25) is 9.97 Å². The fourth-order valence-electron chi connectivity index (χ4n) is 7.04. The van der Waals surface area contributed by atoms with Gasteiger partial charge in [0.2, 0.25) is 0 Å². The van der Waals surface area contributed by atoms with Crippen molar-refractivity contribution >= 4 is 47.8 Å². The molecule has 2 aromatic carbocycles. The van der Waals surface area contributed by atoms with Gasteiger partial charge < -0.3 is 9.41 Å². The number of pyridine rings is 3. The first kappa shape index (κ1) is 24.2. The van der Waals surface area contributed by atoms with Crippen LogP contribution in [-0.4, -0.2) is 27.9 Å². The molecule has 0 fully saturated rings. The molecule has 0 saturated heterocycles. The van der Waals surface area contributed by atoms with E-state index in [0.29, 0.717) is 11.4 Å². The monoisotopic (exact) mass is 582 g/mol. The quantitative estimate of drug-likeness (QED) is 0.147. The second kappa shape index (κ2) is 8.79. The van der Waals surface area contributed by atoms with Crippen molar-refractivity contribution in [3.8, 4) is 23.1 Å². The van der Waals surface area contributed by atoms with Crippen LogP contribution in [0.15, 0.2) is 119 Å². The number of rotatable bonds is 1. The average molecular weight is 583 g/mol. The topological polar surface area (TPSA) is 71.8 Å². The third-order valence-corrected chi connectivity index (χ3v) is 13.5. The highest BCUT2D eigenvalue weighted by Gasteiger charge is 2.52. The standard InChI is InChI=1S/C35H18N6SSi/c1-37-31-18-23-22-17-21(19-36)12-13-27(22)41(29(23)20-40-31)28-10-6-16-43-34(28)42-30-11-3-2-7-24(30)35(43)25-8-4-14-38-32(25)33-26(35)9-5-15-39-33/h2-18,20H. The maximum atomic E-state index is 9.70. The van der Waals surface area contributed by atoms with Crippen molar-refractivity contribution < 1.29 is 0 Å². The highest BCUT2D eigenvalue weighted by Crippen LogP contribution is 2.58. The number of nitrogens with zero attached hydrogens (tertiary/aromatic N) is 6. The Morgan fingerprint density at radius 2 is 1.56 bits per heavy atom. The van der Waals surface area contributed by atoms with E-state index in [-0.39, 0.29) is 0 Å². The lowest BCUT2D eigenvalue weighted by molar-refractivity contribution is 0.846. The van der Waals surface area contributed by atoms with E-state index in [4.69, 9.17) is 16.5 Å². The van der Waals surface area contributed by atoms with Gasteiger partial charge in [-0.25, -0.2) is 0 Å². The number of nitriles is 1. The summed E-state index contributed by atoms with van der Waals surface area (Å²) >= 11 is 1.85. The molecule has 1 aliphatic heterocycles. The van der Waals surface area contributed by atoms with Crippen molar-refractivity contribution in [2.45, 2.75) is 14.4 Å². The molecule has 198 valence electrons. The molecule has 0 saturated carbocycles. The SMILES string of the molecule is [C-]#[N+]c1cc2c3cc(C#N)ccc3n(-c3ccc[si]4c3Sc3ccccc3C43c4cccnc4-c4ncccc43)c2cn1. The number of hydrogen-bond acceptors (Lipinski definition) is 5. The molecule has 0 unspecified atom stereocenters. The molecule has 6 nitrogen and oxygen atoms in total. The van der Waals surface area contributed by atoms with E-state index in [1.165, 1.54) is 26.1 Å². The van der Waals surface area contributed by atoms with Gasteiger partial charge in [0, 0.05) is 32.6 Å². The first-order valence-electron chi connectivity index (χ1n) is 13.8. The summed E-state index contributed by atoms with van der Waals surface area (Å²) in [4.78, 5) is 19.1. The third-order valence-electron chi connectivity index (χ3n) is 8.67. The smallest absolute Gasteiger partial charge is 0.270 e.